The van der Waals surface area contributed by atoms with Gasteiger partial charge in [-0.15, -0.1) is 5.10 Å². The van der Waals surface area contributed by atoms with Gasteiger partial charge in [0.25, 0.3) is 0 Å². The molecule has 33 heavy (non-hydrogen) atoms. The number of esters is 1. The number of carbonyl (C=O) groups excluding carboxylic acids is 2. The van der Waals surface area contributed by atoms with Crippen LogP contribution in [0.15, 0.2) is 30.0 Å². The molecule has 0 aromatic carbocycles. The van der Waals surface area contributed by atoms with E-state index in [1.54, 1.807) is 11.8 Å². The van der Waals surface area contributed by atoms with E-state index in [0.29, 0.717) is 48.7 Å². The molecule has 2 saturated heterocycles. The molecule has 174 valence electrons. The fourth-order valence-corrected chi connectivity index (χ4v) is 4.72. The SMILES string of the molecule is CC1=C(N2CC[C@@]3(CCN(C[C@H](O)c4cnc(-n5cnnn5)cn4)CC3F)C2=O)COC1=O. The van der Waals surface area contributed by atoms with Crippen molar-refractivity contribution in [2.45, 2.75) is 32.0 Å². The minimum absolute atomic E-state index is 0.0280. The van der Waals surface area contributed by atoms with Gasteiger partial charge in [0, 0.05) is 19.6 Å². The molecule has 1 spiro atoms. The first-order valence-corrected chi connectivity index (χ1v) is 10.7. The van der Waals surface area contributed by atoms with Crippen molar-refractivity contribution in [3.63, 3.8) is 0 Å². The van der Waals surface area contributed by atoms with Crippen LogP contribution >= 0.6 is 0 Å². The summed E-state index contributed by atoms with van der Waals surface area (Å²) in [5.41, 5.74) is 0.186. The zero-order valence-corrected chi connectivity index (χ0v) is 18.0. The Morgan fingerprint density at radius 2 is 2.09 bits per heavy atom. The number of cyclic esters (lactones) is 1. The van der Waals surface area contributed by atoms with E-state index in [4.69, 9.17) is 4.74 Å². The van der Waals surface area contributed by atoms with E-state index in [0.717, 1.165) is 0 Å². The number of tetrazole rings is 1. The number of amides is 1. The lowest BCUT2D eigenvalue weighted by atomic mass is 9.75. The maximum absolute atomic E-state index is 15.4. The van der Waals surface area contributed by atoms with Crippen molar-refractivity contribution in [2.75, 3.05) is 32.8 Å². The molecule has 13 heteroatoms. The van der Waals surface area contributed by atoms with Gasteiger partial charge >= 0.3 is 5.97 Å². The largest absolute Gasteiger partial charge is 0.456 e. The summed E-state index contributed by atoms with van der Waals surface area (Å²) in [5, 5.41) is 21.4. The molecular formula is C20H23FN8O4. The number of aromatic nitrogens is 6. The second-order valence-corrected chi connectivity index (χ2v) is 8.56. The highest BCUT2D eigenvalue weighted by molar-refractivity contribution is 5.94. The van der Waals surface area contributed by atoms with Crippen LogP contribution in [0.3, 0.4) is 0 Å². The average Bonchev–Trinajstić information content (AvgIpc) is 3.54. The molecule has 5 heterocycles. The summed E-state index contributed by atoms with van der Waals surface area (Å²) < 4.78 is 21.8. The number of alkyl halides is 1. The van der Waals surface area contributed by atoms with Gasteiger partial charge in [0.05, 0.1) is 34.8 Å². The Labute approximate surface area is 188 Å². The topological polar surface area (TPSA) is 139 Å². The summed E-state index contributed by atoms with van der Waals surface area (Å²) in [6.45, 7) is 2.70. The smallest absolute Gasteiger partial charge is 0.336 e. The number of piperidine rings is 1. The molecule has 0 aliphatic carbocycles. The number of ether oxygens (including phenoxy) is 1. The molecule has 2 aromatic heterocycles. The predicted octanol–water partition coefficient (Wildman–Crippen LogP) is -0.421. The van der Waals surface area contributed by atoms with Gasteiger partial charge in [0.2, 0.25) is 5.91 Å². The van der Waals surface area contributed by atoms with Crippen LogP contribution in [-0.2, 0) is 14.3 Å². The molecule has 12 nitrogen and oxygen atoms in total. The van der Waals surface area contributed by atoms with Crippen molar-refractivity contribution < 1.29 is 23.8 Å². The summed E-state index contributed by atoms with van der Waals surface area (Å²) in [4.78, 5) is 36.6. The highest BCUT2D eigenvalue weighted by atomic mass is 19.1. The average molecular weight is 458 g/mol. The summed E-state index contributed by atoms with van der Waals surface area (Å²) in [6, 6.07) is 0. The van der Waals surface area contributed by atoms with E-state index in [2.05, 4.69) is 25.5 Å². The van der Waals surface area contributed by atoms with Crippen molar-refractivity contribution in [1.82, 2.24) is 40.0 Å². The number of aliphatic hydroxyl groups excluding tert-OH is 1. The third-order valence-electron chi connectivity index (χ3n) is 6.76. The number of nitrogens with zero attached hydrogens (tertiary/aromatic N) is 8. The van der Waals surface area contributed by atoms with Crippen LogP contribution < -0.4 is 0 Å². The van der Waals surface area contributed by atoms with Crippen molar-refractivity contribution in [2.24, 2.45) is 5.41 Å². The molecule has 2 aromatic rings. The number of aliphatic hydroxyl groups is 1. The predicted molar refractivity (Wildman–Crippen MR) is 108 cm³/mol. The Hall–Kier alpha value is -3.32. The van der Waals surface area contributed by atoms with E-state index < -0.39 is 23.7 Å². The van der Waals surface area contributed by atoms with Crippen LogP contribution in [0.2, 0.25) is 0 Å². The lowest BCUT2D eigenvalue weighted by molar-refractivity contribution is -0.142. The highest BCUT2D eigenvalue weighted by Crippen LogP contribution is 2.45. The third kappa shape index (κ3) is 3.66. The Morgan fingerprint density at radius 1 is 1.27 bits per heavy atom. The van der Waals surface area contributed by atoms with Gasteiger partial charge in [-0.2, -0.15) is 4.68 Å². The molecule has 1 amide bonds. The number of hydrogen-bond acceptors (Lipinski definition) is 10. The van der Waals surface area contributed by atoms with Crippen LogP contribution in [0.5, 0.6) is 0 Å². The van der Waals surface area contributed by atoms with Gasteiger partial charge in [-0.25, -0.2) is 14.2 Å². The lowest BCUT2D eigenvalue weighted by Gasteiger charge is -2.41. The third-order valence-corrected chi connectivity index (χ3v) is 6.76. The summed E-state index contributed by atoms with van der Waals surface area (Å²) in [7, 11) is 0. The van der Waals surface area contributed by atoms with E-state index in [9.17, 15) is 14.7 Å². The van der Waals surface area contributed by atoms with Gasteiger partial charge in [0.15, 0.2) is 5.82 Å². The molecule has 1 N–H and O–H groups in total. The van der Waals surface area contributed by atoms with Gasteiger partial charge in [0.1, 0.15) is 25.2 Å². The maximum atomic E-state index is 15.4. The van der Waals surface area contributed by atoms with Gasteiger partial charge in [-0.05, 0) is 36.7 Å². The van der Waals surface area contributed by atoms with Crippen molar-refractivity contribution >= 4 is 11.9 Å². The maximum Gasteiger partial charge on any atom is 0.336 e. The van der Waals surface area contributed by atoms with Gasteiger partial charge in [-0.3, -0.25) is 14.7 Å². The number of β-amino-alcohol motifs (C(OH)–C–C–N with tert-alkyl or cyclic N) is 1. The quantitative estimate of drug-likeness (QED) is 0.588. The minimum atomic E-state index is -1.39. The van der Waals surface area contributed by atoms with E-state index in [1.807, 2.05) is 0 Å². The fraction of sp³-hybridized carbons (Fsp3) is 0.550. The molecular weight excluding hydrogens is 435 g/mol. The number of carbonyl (C=O) groups is 2. The minimum Gasteiger partial charge on any atom is -0.456 e. The van der Waals surface area contributed by atoms with Gasteiger partial charge in [-0.1, -0.05) is 0 Å². The monoisotopic (exact) mass is 458 g/mol. The Kier molecular flexibility index (Phi) is 5.37. The molecule has 0 bridgehead atoms. The summed E-state index contributed by atoms with van der Waals surface area (Å²) in [5.74, 6) is -0.316. The zero-order valence-electron chi connectivity index (χ0n) is 18.0. The molecule has 3 aliphatic heterocycles. The molecule has 5 rings (SSSR count). The summed E-state index contributed by atoms with van der Waals surface area (Å²) >= 11 is 0. The Bertz CT molecular complexity index is 1090. The highest BCUT2D eigenvalue weighted by Gasteiger charge is 2.56. The molecule has 0 radical (unpaired) electrons. The number of rotatable bonds is 5. The first-order chi connectivity index (χ1) is 15.9. The normalized spacial score (nSPS) is 27.0. The van der Waals surface area contributed by atoms with Crippen LogP contribution in [0, 0.1) is 5.41 Å². The van der Waals surface area contributed by atoms with Crippen molar-refractivity contribution in [3.05, 3.63) is 35.7 Å². The number of hydrogen-bond donors (Lipinski definition) is 1. The van der Waals surface area contributed by atoms with Crippen LogP contribution in [0.25, 0.3) is 5.82 Å². The van der Waals surface area contributed by atoms with Crippen LogP contribution in [-0.4, -0.2) is 95.9 Å². The molecule has 2 fully saturated rings. The standard InChI is InChI=1S/C20H23FN8O4/c1-12-14(10-33-18(12)31)28-5-3-20(19(28)32)2-4-27(9-16(20)21)8-15(30)13-6-23-17(7-22-13)29-11-24-25-26-29/h6-7,11,15-16,30H,2-5,8-10H2,1H3/t15-,16?,20+/m0/s1. The van der Waals surface area contributed by atoms with E-state index >= 15 is 4.39 Å². The van der Waals surface area contributed by atoms with Crippen molar-refractivity contribution in [1.29, 1.82) is 0 Å². The van der Waals surface area contributed by atoms with Crippen LogP contribution in [0.1, 0.15) is 31.6 Å². The van der Waals surface area contributed by atoms with Gasteiger partial charge < -0.3 is 14.7 Å². The zero-order chi connectivity index (χ0) is 23.2. The fourth-order valence-electron chi connectivity index (χ4n) is 4.72. The van der Waals surface area contributed by atoms with Crippen LogP contribution in [0.4, 0.5) is 4.39 Å². The molecule has 3 aliphatic rings. The lowest BCUT2D eigenvalue weighted by Crippen LogP contribution is -2.53. The van der Waals surface area contributed by atoms with E-state index in [1.165, 1.54) is 28.3 Å². The molecule has 1 unspecified atom stereocenters. The molecule has 0 saturated carbocycles. The molecule has 3 atom stereocenters. The first-order valence-electron chi connectivity index (χ1n) is 10.7. The first kappa shape index (κ1) is 21.5. The Morgan fingerprint density at radius 3 is 2.73 bits per heavy atom. The van der Waals surface area contributed by atoms with E-state index in [-0.39, 0.29) is 25.6 Å². The van der Waals surface area contributed by atoms with Crippen molar-refractivity contribution in [3.8, 4) is 5.82 Å². The summed E-state index contributed by atoms with van der Waals surface area (Å²) in [6.07, 6.45) is 2.62. The Balaban J connectivity index is 1.22. The number of halogens is 1. The number of likely N-dealkylation sites (tertiary alicyclic amines) is 2. The second kappa shape index (κ2) is 8.23. The second-order valence-electron chi connectivity index (χ2n) is 8.56.